The lowest BCUT2D eigenvalue weighted by atomic mass is 10.9. The molecule has 0 amide bonds. The van der Waals surface area contributed by atoms with Crippen molar-refractivity contribution in [2.75, 3.05) is 0 Å². The fourth-order valence-electron chi connectivity index (χ4n) is 0. The molecule has 0 fully saturated rings. The molecule has 0 aromatic carbocycles. The molecule has 0 aliphatic heterocycles. The number of carbonyl (C=O) groups excluding carboxylic acids is 1. The van der Waals surface area contributed by atoms with Gasteiger partial charge in [-0.3, -0.25) is 9.59 Å². The average molecular weight is 149 g/mol. The first-order chi connectivity index (χ1) is 4.56. The summed E-state index contributed by atoms with van der Waals surface area (Å²) < 4.78 is 0. The first kappa shape index (κ1) is 15.8. The Bertz CT molecular complexity index is 111. The van der Waals surface area contributed by atoms with Crippen LogP contribution in [-0.4, -0.2) is 28.7 Å². The molecular weight excluding hydrogens is 142 g/mol. The van der Waals surface area contributed by atoms with Crippen LogP contribution >= 0.6 is 0 Å². The molecule has 0 aliphatic carbocycles. The van der Waals surface area contributed by atoms with Gasteiger partial charge < -0.3 is 10.2 Å². The van der Waals surface area contributed by atoms with Crippen LogP contribution in [0.3, 0.4) is 0 Å². The van der Waals surface area contributed by atoms with Crippen LogP contribution in [0.15, 0.2) is 0 Å². The van der Waals surface area contributed by atoms with Crippen molar-refractivity contribution < 1.29 is 24.6 Å². The van der Waals surface area contributed by atoms with Gasteiger partial charge in [0, 0.05) is 6.92 Å². The molecule has 0 aliphatic rings. The molecule has 0 bridgehead atoms. The Labute approximate surface area is 56.6 Å². The van der Waals surface area contributed by atoms with Gasteiger partial charge in [-0.15, -0.1) is 0 Å². The van der Waals surface area contributed by atoms with E-state index in [4.69, 9.17) is 30.0 Å². The molecule has 0 spiro atoms. The summed E-state index contributed by atoms with van der Waals surface area (Å²) in [7, 11) is 0. The number of carboxylic acid groups (broad SMARTS) is 2. The molecule has 0 radical (unpaired) electrons. The Kier molecular flexibility index (Phi) is 41.8. The van der Waals surface area contributed by atoms with E-state index < -0.39 is 5.97 Å². The highest BCUT2D eigenvalue weighted by atomic mass is 16.4. The molecule has 3 N–H and O–H groups in total. The SMILES string of the molecule is CC(=O)O.N=C=O.O=CO. The summed E-state index contributed by atoms with van der Waals surface area (Å²) in [5, 5.41) is 19.7. The van der Waals surface area contributed by atoms with Gasteiger partial charge in [0.05, 0.1) is 0 Å². The van der Waals surface area contributed by atoms with Crippen molar-refractivity contribution in [2.24, 2.45) is 0 Å². The number of carboxylic acids is 1. The molecule has 0 rings (SSSR count). The van der Waals surface area contributed by atoms with Gasteiger partial charge in [-0.2, -0.15) is 0 Å². The Balaban J connectivity index is -0.0000000750. The zero-order chi connectivity index (χ0) is 8.99. The van der Waals surface area contributed by atoms with Crippen molar-refractivity contribution >= 4 is 18.5 Å². The van der Waals surface area contributed by atoms with E-state index in [1.54, 1.807) is 0 Å². The van der Waals surface area contributed by atoms with Crippen LogP contribution in [0.4, 0.5) is 0 Å². The maximum atomic E-state index is 9.00. The van der Waals surface area contributed by atoms with Crippen molar-refractivity contribution in [1.82, 2.24) is 0 Å². The van der Waals surface area contributed by atoms with Crippen molar-refractivity contribution in [3.8, 4) is 0 Å². The first-order valence-electron chi connectivity index (χ1n) is 1.88. The van der Waals surface area contributed by atoms with Crippen molar-refractivity contribution in [1.29, 1.82) is 5.41 Å². The number of isocyanates is 1. The van der Waals surface area contributed by atoms with Crippen LogP contribution in [0.2, 0.25) is 0 Å². The van der Waals surface area contributed by atoms with Crippen molar-refractivity contribution in [3.63, 3.8) is 0 Å². The van der Waals surface area contributed by atoms with Crippen molar-refractivity contribution in [2.45, 2.75) is 6.92 Å². The molecule has 0 aromatic heterocycles. The topological polar surface area (TPSA) is 116 Å². The minimum absolute atomic E-state index is 0.250. The molecule has 0 aromatic rings. The Morgan fingerprint density at radius 1 is 1.70 bits per heavy atom. The van der Waals surface area contributed by atoms with Crippen LogP contribution in [0.1, 0.15) is 6.92 Å². The summed E-state index contributed by atoms with van der Waals surface area (Å²) in [5.74, 6) is -0.833. The third-order valence-electron chi connectivity index (χ3n) is 0. The third-order valence-corrected chi connectivity index (χ3v) is 0. The maximum Gasteiger partial charge on any atom is 0.300 e. The summed E-state index contributed by atoms with van der Waals surface area (Å²) in [5.41, 5.74) is 0. The Hall–Kier alpha value is -1.68. The summed E-state index contributed by atoms with van der Waals surface area (Å²) in [6.07, 6.45) is 0.750. The molecule has 6 heteroatoms. The van der Waals surface area contributed by atoms with E-state index in [0.717, 1.165) is 13.0 Å². The van der Waals surface area contributed by atoms with Gasteiger partial charge in [-0.25, -0.2) is 10.2 Å². The van der Waals surface area contributed by atoms with E-state index >= 15 is 0 Å². The first-order valence-corrected chi connectivity index (χ1v) is 1.88. The second-order valence-electron chi connectivity index (χ2n) is 0.726. The number of rotatable bonds is 0. The van der Waals surface area contributed by atoms with E-state index in [2.05, 4.69) is 0 Å². The Morgan fingerprint density at radius 3 is 1.70 bits per heavy atom. The minimum Gasteiger partial charge on any atom is -0.483 e. The number of hydrogen-bond acceptors (Lipinski definition) is 4. The van der Waals surface area contributed by atoms with Gasteiger partial charge in [0.2, 0.25) is 6.08 Å². The van der Waals surface area contributed by atoms with E-state index in [9.17, 15) is 0 Å². The van der Waals surface area contributed by atoms with Gasteiger partial charge >= 0.3 is 0 Å². The smallest absolute Gasteiger partial charge is 0.300 e. The van der Waals surface area contributed by atoms with Crippen LogP contribution < -0.4 is 0 Å². The summed E-state index contributed by atoms with van der Waals surface area (Å²) in [6, 6.07) is 0. The van der Waals surface area contributed by atoms with Crippen LogP contribution in [0, 0.1) is 5.41 Å². The lowest BCUT2D eigenvalue weighted by Gasteiger charge is -1.59. The highest BCUT2D eigenvalue weighted by Gasteiger charge is 1.65. The molecular formula is C4H7NO5. The highest BCUT2D eigenvalue weighted by molar-refractivity contribution is 5.62. The second kappa shape index (κ2) is 26.5. The maximum absolute atomic E-state index is 9.00. The van der Waals surface area contributed by atoms with Crippen molar-refractivity contribution in [3.05, 3.63) is 0 Å². The quantitative estimate of drug-likeness (QED) is 0.248. The summed E-state index contributed by atoms with van der Waals surface area (Å²) in [4.78, 5) is 25.7. The van der Waals surface area contributed by atoms with Gasteiger partial charge in [0.25, 0.3) is 12.4 Å². The summed E-state index contributed by atoms with van der Waals surface area (Å²) in [6.45, 7) is 0.833. The van der Waals surface area contributed by atoms with Gasteiger partial charge in [0.1, 0.15) is 0 Å². The van der Waals surface area contributed by atoms with E-state index in [1.807, 2.05) is 0 Å². The summed E-state index contributed by atoms with van der Waals surface area (Å²) >= 11 is 0. The predicted octanol–water partition coefficient (Wildman–Crippen LogP) is -0.307. The largest absolute Gasteiger partial charge is 0.483 e. The molecule has 0 unspecified atom stereocenters. The number of nitrogens with one attached hydrogen (secondary N) is 1. The monoisotopic (exact) mass is 149 g/mol. The Morgan fingerprint density at radius 2 is 1.70 bits per heavy atom. The normalized spacial score (nSPS) is 4.50. The zero-order valence-corrected chi connectivity index (χ0v) is 5.20. The lowest BCUT2D eigenvalue weighted by molar-refractivity contribution is -0.134. The second-order valence-corrected chi connectivity index (χ2v) is 0.726. The van der Waals surface area contributed by atoms with Gasteiger partial charge in [-0.05, 0) is 0 Å². The van der Waals surface area contributed by atoms with E-state index in [0.29, 0.717) is 0 Å². The molecule has 0 saturated heterocycles. The zero-order valence-electron chi connectivity index (χ0n) is 5.20. The molecule has 10 heavy (non-hydrogen) atoms. The average Bonchev–Trinajstić information content (AvgIpc) is 1.65. The van der Waals surface area contributed by atoms with Gasteiger partial charge in [-0.1, -0.05) is 0 Å². The molecule has 0 atom stereocenters. The van der Waals surface area contributed by atoms with E-state index in [1.165, 1.54) is 0 Å². The lowest BCUT2D eigenvalue weighted by Crippen LogP contribution is -1.78. The molecule has 0 heterocycles. The molecule has 58 valence electrons. The minimum atomic E-state index is -0.833. The number of aliphatic carboxylic acids is 1. The van der Waals surface area contributed by atoms with E-state index in [-0.39, 0.29) is 6.47 Å². The molecule has 0 saturated carbocycles. The standard InChI is InChI=1S/C2H4O2.CHNO.CH2O2/c1-2(3)4;2*2-1-3/h1H3,(H,3,4);2H;1H,(H,2,3). The third kappa shape index (κ3) is 63.4. The fraction of sp³-hybridized carbons (Fsp3) is 0.250. The van der Waals surface area contributed by atoms with Crippen LogP contribution in [0.25, 0.3) is 0 Å². The van der Waals surface area contributed by atoms with Gasteiger partial charge in [0.15, 0.2) is 0 Å². The number of hydrogen-bond donors (Lipinski definition) is 3. The van der Waals surface area contributed by atoms with Crippen LogP contribution in [-0.2, 0) is 14.4 Å². The fourth-order valence-corrected chi connectivity index (χ4v) is 0. The highest BCUT2D eigenvalue weighted by Crippen LogP contribution is 1.42. The number of carbonyl (C=O) groups is 2. The predicted molar refractivity (Wildman–Crippen MR) is 30.4 cm³/mol. The van der Waals surface area contributed by atoms with Crippen LogP contribution in [0.5, 0.6) is 0 Å². The molecule has 6 nitrogen and oxygen atoms in total.